The average Bonchev–Trinajstić information content (AvgIpc) is 2.19. The van der Waals surface area contributed by atoms with E-state index in [0.717, 1.165) is 7.11 Å². The molecule has 0 amide bonds. The Hall–Kier alpha value is -1.07. The molecule has 1 aromatic carbocycles. The molecule has 0 saturated carbocycles. The molecule has 78 valence electrons. The molecule has 5 heteroatoms. The highest BCUT2D eigenvalue weighted by atomic mass is 32.2. The molecule has 0 atom stereocenters. The van der Waals surface area contributed by atoms with Gasteiger partial charge in [0.2, 0.25) is 0 Å². The number of rotatable bonds is 5. The van der Waals surface area contributed by atoms with Gasteiger partial charge in [0.05, 0.1) is 7.11 Å². The average molecular weight is 216 g/mol. The molecular weight excluding hydrogens is 204 g/mol. The van der Waals surface area contributed by atoms with E-state index < -0.39 is 10.1 Å². The van der Waals surface area contributed by atoms with Crippen LogP contribution in [0.25, 0.3) is 0 Å². The molecule has 0 radical (unpaired) electrons. The summed E-state index contributed by atoms with van der Waals surface area (Å²) in [5.74, 6) is 0.511. The highest BCUT2D eigenvalue weighted by molar-refractivity contribution is 7.86. The van der Waals surface area contributed by atoms with E-state index in [0.29, 0.717) is 5.75 Å². The third kappa shape index (κ3) is 3.76. The van der Waals surface area contributed by atoms with Gasteiger partial charge in [-0.1, -0.05) is 18.2 Å². The maximum absolute atomic E-state index is 10.9. The number of para-hydroxylation sites is 1. The first-order chi connectivity index (χ1) is 6.64. The van der Waals surface area contributed by atoms with Gasteiger partial charge in [-0.3, -0.25) is 4.18 Å². The fourth-order valence-corrected chi connectivity index (χ4v) is 1.32. The van der Waals surface area contributed by atoms with Gasteiger partial charge < -0.3 is 4.74 Å². The maximum atomic E-state index is 10.9. The molecule has 0 saturated heterocycles. The van der Waals surface area contributed by atoms with Gasteiger partial charge in [0.25, 0.3) is 10.1 Å². The van der Waals surface area contributed by atoms with E-state index in [2.05, 4.69) is 4.18 Å². The molecule has 0 unspecified atom stereocenters. The molecule has 0 aliphatic rings. The third-order valence-electron chi connectivity index (χ3n) is 1.60. The Bertz CT molecular complexity index is 358. The molecule has 0 heterocycles. The predicted octanol–water partition coefficient (Wildman–Crippen LogP) is 1.04. The molecule has 1 rings (SSSR count). The van der Waals surface area contributed by atoms with Crippen molar-refractivity contribution in [2.75, 3.05) is 19.5 Å². The normalized spacial score (nSPS) is 11.2. The monoisotopic (exact) mass is 216 g/mol. The zero-order valence-corrected chi connectivity index (χ0v) is 8.66. The number of ether oxygens (including phenoxy) is 1. The van der Waals surface area contributed by atoms with Crippen molar-refractivity contribution in [3.05, 3.63) is 30.3 Å². The van der Waals surface area contributed by atoms with Crippen molar-refractivity contribution in [3.8, 4) is 5.75 Å². The van der Waals surface area contributed by atoms with Crippen LogP contribution in [0.1, 0.15) is 0 Å². The Morgan fingerprint density at radius 1 is 1.21 bits per heavy atom. The Labute approximate surface area is 83.6 Å². The van der Waals surface area contributed by atoms with Gasteiger partial charge in [-0.25, -0.2) is 0 Å². The lowest BCUT2D eigenvalue weighted by Crippen LogP contribution is -2.14. The van der Waals surface area contributed by atoms with E-state index in [1.54, 1.807) is 12.1 Å². The van der Waals surface area contributed by atoms with Gasteiger partial charge in [0, 0.05) is 0 Å². The van der Waals surface area contributed by atoms with Crippen LogP contribution in [0, 0.1) is 0 Å². The van der Waals surface area contributed by atoms with E-state index in [-0.39, 0.29) is 12.4 Å². The van der Waals surface area contributed by atoms with Gasteiger partial charge in [-0.05, 0) is 12.1 Å². The smallest absolute Gasteiger partial charge is 0.270 e. The van der Waals surface area contributed by atoms with Crippen molar-refractivity contribution >= 4 is 10.1 Å². The minimum atomic E-state index is -3.41. The second-order valence-electron chi connectivity index (χ2n) is 2.59. The molecule has 14 heavy (non-hydrogen) atoms. The SMILES string of the molecule is COS(=O)(=O)CCOc1ccccc1. The molecule has 0 fully saturated rings. The Balaban J connectivity index is 2.37. The Kier molecular flexibility index (Phi) is 3.91. The summed E-state index contributed by atoms with van der Waals surface area (Å²) in [6.07, 6.45) is 0. The van der Waals surface area contributed by atoms with Gasteiger partial charge >= 0.3 is 0 Å². The van der Waals surface area contributed by atoms with Crippen LogP contribution in [-0.4, -0.2) is 27.9 Å². The van der Waals surface area contributed by atoms with Crippen molar-refractivity contribution in [1.29, 1.82) is 0 Å². The minimum absolute atomic E-state index is 0.0974. The molecule has 0 N–H and O–H groups in total. The summed E-state index contributed by atoms with van der Waals surface area (Å²) in [5.41, 5.74) is 0. The van der Waals surface area contributed by atoms with E-state index in [1.807, 2.05) is 18.2 Å². The van der Waals surface area contributed by atoms with Gasteiger partial charge in [0.15, 0.2) is 0 Å². The first kappa shape index (κ1) is 11.0. The topological polar surface area (TPSA) is 52.6 Å². The first-order valence-corrected chi connectivity index (χ1v) is 5.68. The Morgan fingerprint density at radius 3 is 2.43 bits per heavy atom. The molecule has 4 nitrogen and oxygen atoms in total. The zero-order valence-electron chi connectivity index (χ0n) is 7.84. The molecule has 0 spiro atoms. The minimum Gasteiger partial charge on any atom is -0.492 e. The van der Waals surface area contributed by atoms with Crippen LogP contribution < -0.4 is 4.74 Å². The molecule has 0 aromatic heterocycles. The zero-order chi connectivity index (χ0) is 10.4. The summed E-state index contributed by atoms with van der Waals surface area (Å²) < 4.78 is 31.2. The molecule has 0 aliphatic carbocycles. The summed E-state index contributed by atoms with van der Waals surface area (Å²) in [5, 5.41) is 0. The summed E-state index contributed by atoms with van der Waals surface area (Å²) in [4.78, 5) is 0. The molecular formula is C9H12O4S. The van der Waals surface area contributed by atoms with Crippen LogP contribution in [-0.2, 0) is 14.3 Å². The predicted molar refractivity (Wildman–Crippen MR) is 52.7 cm³/mol. The van der Waals surface area contributed by atoms with Crippen LogP contribution in [0.15, 0.2) is 30.3 Å². The van der Waals surface area contributed by atoms with Crippen molar-refractivity contribution in [2.45, 2.75) is 0 Å². The van der Waals surface area contributed by atoms with Crippen LogP contribution >= 0.6 is 0 Å². The molecule has 0 bridgehead atoms. The second kappa shape index (κ2) is 4.97. The molecule has 0 aliphatic heterocycles. The largest absolute Gasteiger partial charge is 0.492 e. The van der Waals surface area contributed by atoms with Crippen molar-refractivity contribution < 1.29 is 17.3 Å². The molecule has 1 aromatic rings. The van der Waals surface area contributed by atoms with Gasteiger partial charge in [0.1, 0.15) is 18.1 Å². The van der Waals surface area contributed by atoms with E-state index in [9.17, 15) is 8.42 Å². The maximum Gasteiger partial charge on any atom is 0.270 e. The van der Waals surface area contributed by atoms with Crippen molar-refractivity contribution in [2.24, 2.45) is 0 Å². The fraction of sp³-hybridized carbons (Fsp3) is 0.333. The van der Waals surface area contributed by atoms with Gasteiger partial charge in [-0.2, -0.15) is 8.42 Å². The lowest BCUT2D eigenvalue weighted by molar-refractivity contribution is 0.328. The quantitative estimate of drug-likeness (QED) is 0.690. The first-order valence-electron chi connectivity index (χ1n) is 4.10. The van der Waals surface area contributed by atoms with Crippen molar-refractivity contribution in [1.82, 2.24) is 0 Å². The fourth-order valence-electron chi connectivity index (χ4n) is 0.862. The van der Waals surface area contributed by atoms with Crippen LogP contribution in [0.5, 0.6) is 5.75 Å². The van der Waals surface area contributed by atoms with E-state index in [4.69, 9.17) is 4.74 Å². The summed E-state index contributed by atoms with van der Waals surface area (Å²) >= 11 is 0. The summed E-state index contributed by atoms with van der Waals surface area (Å²) in [6, 6.07) is 9.03. The van der Waals surface area contributed by atoms with Crippen LogP contribution in [0.4, 0.5) is 0 Å². The van der Waals surface area contributed by atoms with E-state index >= 15 is 0 Å². The number of hydrogen-bond donors (Lipinski definition) is 0. The Morgan fingerprint density at radius 2 is 1.86 bits per heavy atom. The van der Waals surface area contributed by atoms with Gasteiger partial charge in [-0.15, -0.1) is 0 Å². The summed E-state index contributed by atoms with van der Waals surface area (Å²) in [7, 11) is -2.28. The lowest BCUT2D eigenvalue weighted by Gasteiger charge is -2.04. The van der Waals surface area contributed by atoms with E-state index in [1.165, 1.54) is 0 Å². The summed E-state index contributed by atoms with van der Waals surface area (Å²) in [6.45, 7) is 0.0974. The lowest BCUT2D eigenvalue weighted by atomic mass is 10.3. The number of hydrogen-bond acceptors (Lipinski definition) is 4. The van der Waals surface area contributed by atoms with Crippen molar-refractivity contribution in [3.63, 3.8) is 0 Å². The standard InChI is InChI=1S/C9H12O4S/c1-12-14(10,11)8-7-13-9-5-3-2-4-6-9/h2-6H,7-8H2,1H3. The third-order valence-corrected chi connectivity index (χ3v) is 2.77. The van der Waals surface area contributed by atoms with Crippen LogP contribution in [0.2, 0.25) is 0 Å². The number of benzene rings is 1. The highest BCUT2D eigenvalue weighted by Crippen LogP contribution is 2.08. The highest BCUT2D eigenvalue weighted by Gasteiger charge is 2.07. The van der Waals surface area contributed by atoms with Crippen LogP contribution in [0.3, 0.4) is 0 Å². The second-order valence-corrected chi connectivity index (χ2v) is 4.45.